The fourth-order valence-corrected chi connectivity index (χ4v) is 3.63. The Morgan fingerprint density at radius 2 is 2.00 bits per heavy atom. The van der Waals surface area contributed by atoms with Gasteiger partial charge in [0.1, 0.15) is 0 Å². The zero-order chi connectivity index (χ0) is 23.2. The first-order chi connectivity index (χ1) is 14.5. The number of pyridine rings is 1. The summed E-state index contributed by atoms with van der Waals surface area (Å²) in [7, 11) is 3.59. The van der Waals surface area contributed by atoms with Crippen LogP contribution < -0.4 is 0 Å². The zero-order valence-corrected chi connectivity index (χ0v) is 17.8. The molecule has 0 saturated carbocycles. The molecule has 2 fully saturated rings. The van der Waals surface area contributed by atoms with Gasteiger partial charge in [0.25, 0.3) is 0 Å². The number of carboxylic acids is 1. The molecule has 174 valence electrons. The number of likely N-dealkylation sites (tertiary alicyclic amines) is 1. The summed E-state index contributed by atoms with van der Waals surface area (Å²) >= 11 is 0. The van der Waals surface area contributed by atoms with Gasteiger partial charge in [-0.05, 0) is 31.4 Å². The summed E-state index contributed by atoms with van der Waals surface area (Å²) in [5.41, 5.74) is 1.99. The van der Waals surface area contributed by atoms with Crippen LogP contribution in [0.1, 0.15) is 17.8 Å². The number of aryl methyl sites for hydroxylation is 1. The third-order valence-electron chi connectivity index (χ3n) is 5.16. The van der Waals surface area contributed by atoms with Crippen LogP contribution in [0.2, 0.25) is 0 Å². The number of aliphatic carboxylic acids is 1. The first-order valence-electron chi connectivity index (χ1n) is 9.87. The van der Waals surface area contributed by atoms with Crippen LogP contribution in [0.25, 0.3) is 0 Å². The molecule has 2 aliphatic rings. The molecule has 0 radical (unpaired) electrons. The van der Waals surface area contributed by atoms with E-state index < -0.39 is 12.1 Å². The topological polar surface area (TPSA) is 92.2 Å². The summed E-state index contributed by atoms with van der Waals surface area (Å²) in [6.07, 6.45) is -3.92. The monoisotopic (exact) mass is 447 g/mol. The van der Waals surface area contributed by atoms with Crippen LogP contribution >= 0.6 is 0 Å². The second-order valence-corrected chi connectivity index (χ2v) is 7.79. The lowest BCUT2D eigenvalue weighted by atomic mass is 9.91. The quantitative estimate of drug-likeness (QED) is 0.698. The molecule has 1 aromatic heterocycles. The minimum Gasteiger partial charge on any atom is -0.475 e. The maximum absolute atomic E-state index is 12.1. The van der Waals surface area contributed by atoms with Crippen molar-refractivity contribution in [3.63, 3.8) is 0 Å². The molecule has 0 aromatic carbocycles. The van der Waals surface area contributed by atoms with E-state index in [1.165, 1.54) is 0 Å². The van der Waals surface area contributed by atoms with Crippen LogP contribution in [0.3, 0.4) is 0 Å². The van der Waals surface area contributed by atoms with Crippen LogP contribution in [0.5, 0.6) is 0 Å². The fraction of sp³-hybridized carbons (Fsp3) is 0.650. The van der Waals surface area contributed by atoms with Gasteiger partial charge >= 0.3 is 18.2 Å². The molecule has 1 aromatic rings. The van der Waals surface area contributed by atoms with Gasteiger partial charge in [-0.3, -0.25) is 4.98 Å². The second-order valence-electron chi connectivity index (χ2n) is 7.79. The summed E-state index contributed by atoms with van der Waals surface area (Å²) < 4.78 is 43.4. The number of carboxylic acid groups (broad SMARTS) is 1. The van der Waals surface area contributed by atoms with E-state index in [4.69, 9.17) is 19.4 Å². The Kier molecular flexibility index (Phi) is 8.63. The molecular weight excluding hydrogens is 419 g/mol. The Morgan fingerprint density at radius 1 is 1.32 bits per heavy atom. The molecule has 2 aliphatic heterocycles. The van der Waals surface area contributed by atoms with Gasteiger partial charge in [0, 0.05) is 45.4 Å². The summed E-state index contributed by atoms with van der Waals surface area (Å²) in [6, 6.07) is 6.06. The molecule has 3 rings (SSSR count). The predicted molar refractivity (Wildman–Crippen MR) is 104 cm³/mol. The average Bonchev–Trinajstić information content (AvgIpc) is 3.25. The molecule has 2 amide bonds. The molecule has 0 bridgehead atoms. The molecule has 8 nitrogen and oxygen atoms in total. The summed E-state index contributed by atoms with van der Waals surface area (Å²) in [6.45, 7) is 5.53. The number of amides is 2. The van der Waals surface area contributed by atoms with Gasteiger partial charge in [0.05, 0.1) is 25.0 Å². The van der Waals surface area contributed by atoms with Crippen molar-refractivity contribution in [1.82, 2.24) is 14.8 Å². The van der Waals surface area contributed by atoms with Gasteiger partial charge in [-0.2, -0.15) is 13.2 Å². The number of carbonyl (C=O) groups is 2. The summed E-state index contributed by atoms with van der Waals surface area (Å²) in [4.78, 5) is 29.0. The Balaban J connectivity index is 0.000000423. The normalized spacial score (nSPS) is 22.5. The number of alkyl halides is 3. The van der Waals surface area contributed by atoms with Gasteiger partial charge < -0.3 is 24.4 Å². The van der Waals surface area contributed by atoms with Gasteiger partial charge in [-0.1, -0.05) is 6.07 Å². The van der Waals surface area contributed by atoms with Crippen molar-refractivity contribution in [3.05, 3.63) is 29.6 Å². The number of rotatable bonds is 5. The van der Waals surface area contributed by atoms with E-state index in [1.54, 1.807) is 19.0 Å². The molecule has 3 heterocycles. The number of ether oxygens (including phenoxy) is 2. The minimum absolute atomic E-state index is 0.0773. The van der Waals surface area contributed by atoms with E-state index in [0.29, 0.717) is 31.6 Å². The fourth-order valence-electron chi connectivity index (χ4n) is 3.63. The maximum Gasteiger partial charge on any atom is 0.490 e. The van der Waals surface area contributed by atoms with Crippen molar-refractivity contribution >= 4 is 12.0 Å². The highest BCUT2D eigenvalue weighted by Crippen LogP contribution is 2.35. The number of hydrogen-bond acceptors (Lipinski definition) is 5. The Hall–Kier alpha value is -2.40. The lowest BCUT2D eigenvalue weighted by Crippen LogP contribution is -2.39. The molecule has 31 heavy (non-hydrogen) atoms. The first-order valence-corrected chi connectivity index (χ1v) is 9.87. The molecular formula is C20H28F3N3O5. The number of carbonyl (C=O) groups excluding carboxylic acids is 1. The van der Waals surface area contributed by atoms with Crippen molar-refractivity contribution in [1.29, 1.82) is 0 Å². The number of fused-ring (bicyclic) bond motifs is 1. The van der Waals surface area contributed by atoms with Gasteiger partial charge in [-0.15, -0.1) is 0 Å². The SMILES string of the molecule is Cc1cccc(COCC[C@H]2CO[C@H]3CN(C(=O)N(C)C)C[C@@H]23)n1.O=C(O)C(F)(F)F. The van der Waals surface area contributed by atoms with Crippen LogP contribution in [0.4, 0.5) is 18.0 Å². The third kappa shape index (κ3) is 7.35. The van der Waals surface area contributed by atoms with Crippen molar-refractivity contribution in [2.75, 3.05) is 40.4 Å². The van der Waals surface area contributed by atoms with Crippen molar-refractivity contribution in [3.8, 4) is 0 Å². The number of nitrogens with zero attached hydrogens (tertiary/aromatic N) is 3. The van der Waals surface area contributed by atoms with Crippen molar-refractivity contribution in [2.45, 2.75) is 32.2 Å². The lowest BCUT2D eigenvalue weighted by molar-refractivity contribution is -0.192. The van der Waals surface area contributed by atoms with Crippen molar-refractivity contribution < 1.29 is 37.3 Å². The van der Waals surface area contributed by atoms with Crippen LogP contribution in [-0.2, 0) is 20.9 Å². The molecule has 11 heteroatoms. The standard InChI is InChI=1S/C18H27N3O3.C2HF3O2/c1-13-5-4-6-15(19-13)12-23-8-7-14-11-24-17-10-21(9-16(14)17)18(22)20(2)3;3-2(4,5)1(6)7/h4-6,14,16-17H,7-12H2,1-3H3;(H,6,7)/t14-,16-,17-;/m0./s1. The summed E-state index contributed by atoms with van der Waals surface area (Å²) in [5.74, 6) is -1.84. The molecule has 2 saturated heterocycles. The average molecular weight is 447 g/mol. The van der Waals surface area contributed by atoms with E-state index in [9.17, 15) is 18.0 Å². The highest BCUT2D eigenvalue weighted by atomic mass is 19.4. The Morgan fingerprint density at radius 3 is 2.58 bits per heavy atom. The van der Waals surface area contributed by atoms with E-state index in [1.807, 2.05) is 30.0 Å². The third-order valence-corrected chi connectivity index (χ3v) is 5.16. The second kappa shape index (κ2) is 10.8. The zero-order valence-electron chi connectivity index (χ0n) is 17.8. The van der Waals surface area contributed by atoms with E-state index in [-0.39, 0.29) is 12.1 Å². The summed E-state index contributed by atoms with van der Waals surface area (Å²) in [5, 5.41) is 7.12. The lowest BCUT2D eigenvalue weighted by Gasteiger charge is -2.23. The smallest absolute Gasteiger partial charge is 0.475 e. The van der Waals surface area contributed by atoms with Crippen molar-refractivity contribution in [2.24, 2.45) is 11.8 Å². The van der Waals surface area contributed by atoms with Crippen LogP contribution in [0, 0.1) is 18.8 Å². The van der Waals surface area contributed by atoms with E-state index in [0.717, 1.165) is 31.0 Å². The van der Waals surface area contributed by atoms with E-state index in [2.05, 4.69) is 4.98 Å². The van der Waals surface area contributed by atoms with Gasteiger partial charge in [0.2, 0.25) is 0 Å². The predicted octanol–water partition coefficient (Wildman–Crippen LogP) is 2.56. The molecule has 0 spiro atoms. The van der Waals surface area contributed by atoms with Crippen LogP contribution in [0.15, 0.2) is 18.2 Å². The van der Waals surface area contributed by atoms with E-state index >= 15 is 0 Å². The molecule has 0 aliphatic carbocycles. The number of halogens is 3. The molecule has 3 atom stereocenters. The largest absolute Gasteiger partial charge is 0.490 e. The van der Waals surface area contributed by atoms with Crippen LogP contribution in [-0.4, -0.2) is 84.6 Å². The number of hydrogen-bond donors (Lipinski definition) is 1. The number of urea groups is 1. The highest BCUT2D eigenvalue weighted by molar-refractivity contribution is 5.74. The molecule has 0 unspecified atom stereocenters. The van der Waals surface area contributed by atoms with Gasteiger partial charge in [-0.25, -0.2) is 9.59 Å². The Bertz CT molecular complexity index is 760. The minimum atomic E-state index is -5.08. The highest BCUT2D eigenvalue weighted by Gasteiger charge is 2.45. The first kappa shape index (κ1) is 24.9. The number of aromatic nitrogens is 1. The van der Waals surface area contributed by atoms with Gasteiger partial charge in [0.15, 0.2) is 0 Å². The Labute approximate surface area is 178 Å². The maximum atomic E-state index is 12.1. The molecule has 1 N–H and O–H groups in total.